The maximum absolute atomic E-state index is 10.4. The first-order valence-corrected chi connectivity index (χ1v) is 3.73. The number of hydrogen-bond acceptors (Lipinski definition) is 3. The van der Waals surface area contributed by atoms with Crippen LogP contribution in [0.2, 0.25) is 0 Å². The number of carboxylic acid groups (broad SMARTS) is 1. The van der Waals surface area contributed by atoms with Crippen LogP contribution >= 0.6 is 11.6 Å². The first kappa shape index (κ1) is 9.47. The van der Waals surface area contributed by atoms with Gasteiger partial charge in [0.2, 0.25) is 0 Å². The molecule has 1 aromatic rings. The van der Waals surface area contributed by atoms with Gasteiger partial charge in [-0.1, -0.05) is 11.6 Å². The number of carbonyl (C=O) groups is 1. The Balaban J connectivity index is 3.17. The van der Waals surface area contributed by atoms with Gasteiger partial charge in [-0.3, -0.25) is 0 Å². The zero-order chi connectivity index (χ0) is 10.0. The van der Waals surface area contributed by atoms with E-state index < -0.39 is 11.7 Å². The van der Waals surface area contributed by atoms with Crippen LogP contribution in [-0.4, -0.2) is 16.1 Å². The van der Waals surface area contributed by atoms with Gasteiger partial charge in [0, 0.05) is 11.8 Å². The summed E-state index contributed by atoms with van der Waals surface area (Å²) < 4.78 is 0. The van der Waals surface area contributed by atoms with Crippen molar-refractivity contribution < 1.29 is 9.90 Å². The maximum atomic E-state index is 10.4. The number of hydrogen-bond donors (Lipinski definition) is 4. The van der Waals surface area contributed by atoms with Crippen molar-refractivity contribution in [2.75, 3.05) is 5.73 Å². The SMILES string of the molecule is N/C(C(=O)O)=C(/Cl)c1cc[nH]c1N. The normalized spacial score (nSPS) is 12.4. The van der Waals surface area contributed by atoms with E-state index in [1.165, 1.54) is 0 Å². The zero-order valence-corrected chi connectivity index (χ0v) is 7.30. The summed E-state index contributed by atoms with van der Waals surface area (Å²) in [6.07, 6.45) is 1.54. The molecule has 6 N–H and O–H groups in total. The molecule has 0 saturated carbocycles. The highest BCUT2D eigenvalue weighted by molar-refractivity contribution is 6.51. The average Bonchev–Trinajstić information content (AvgIpc) is 2.48. The lowest BCUT2D eigenvalue weighted by Gasteiger charge is -1.99. The van der Waals surface area contributed by atoms with Gasteiger partial charge in [0.05, 0.1) is 5.03 Å². The molecule has 6 heteroatoms. The highest BCUT2D eigenvalue weighted by Crippen LogP contribution is 2.25. The monoisotopic (exact) mass is 201 g/mol. The Morgan fingerprint density at radius 3 is 2.62 bits per heavy atom. The van der Waals surface area contributed by atoms with E-state index in [1.807, 2.05) is 0 Å². The second kappa shape index (κ2) is 3.40. The fourth-order valence-corrected chi connectivity index (χ4v) is 1.06. The van der Waals surface area contributed by atoms with Crippen molar-refractivity contribution in [3.63, 3.8) is 0 Å². The number of anilines is 1. The molecule has 0 bridgehead atoms. The third-order valence-corrected chi connectivity index (χ3v) is 1.89. The smallest absolute Gasteiger partial charge is 0.353 e. The molecule has 70 valence electrons. The number of aliphatic carboxylic acids is 1. The van der Waals surface area contributed by atoms with Crippen LogP contribution < -0.4 is 11.5 Å². The van der Waals surface area contributed by atoms with Gasteiger partial charge < -0.3 is 21.6 Å². The fourth-order valence-electron chi connectivity index (χ4n) is 0.813. The molecule has 1 heterocycles. The van der Waals surface area contributed by atoms with Gasteiger partial charge in [0.25, 0.3) is 0 Å². The van der Waals surface area contributed by atoms with Crippen molar-refractivity contribution in [3.05, 3.63) is 23.5 Å². The number of aromatic amines is 1. The fraction of sp³-hybridized carbons (Fsp3) is 0. The molecule has 0 aliphatic heterocycles. The second-order valence-electron chi connectivity index (χ2n) is 2.34. The van der Waals surface area contributed by atoms with Crippen molar-refractivity contribution in [2.45, 2.75) is 0 Å². The molecule has 0 aliphatic rings. The maximum Gasteiger partial charge on any atom is 0.353 e. The largest absolute Gasteiger partial charge is 0.477 e. The Morgan fingerprint density at radius 2 is 2.23 bits per heavy atom. The summed E-state index contributed by atoms with van der Waals surface area (Å²) in [6.45, 7) is 0. The van der Waals surface area contributed by atoms with Crippen LogP contribution in [0.3, 0.4) is 0 Å². The van der Waals surface area contributed by atoms with Crippen LogP contribution in [0.1, 0.15) is 5.56 Å². The van der Waals surface area contributed by atoms with Crippen molar-refractivity contribution in [2.24, 2.45) is 5.73 Å². The summed E-state index contributed by atoms with van der Waals surface area (Å²) in [5.41, 5.74) is 10.6. The van der Waals surface area contributed by atoms with Gasteiger partial charge in [-0.15, -0.1) is 0 Å². The standard InChI is InChI=1S/C7H8ClN3O2/c8-4(5(9)7(12)13)3-1-2-11-6(3)10/h1-2,11H,9-10H2,(H,12,13)/b5-4+. The van der Waals surface area contributed by atoms with Crippen molar-refractivity contribution >= 4 is 28.4 Å². The number of nitrogens with two attached hydrogens (primary N) is 2. The van der Waals surface area contributed by atoms with E-state index in [0.717, 1.165) is 0 Å². The Morgan fingerprint density at radius 1 is 1.62 bits per heavy atom. The van der Waals surface area contributed by atoms with Crippen LogP contribution in [0.25, 0.3) is 5.03 Å². The summed E-state index contributed by atoms with van der Waals surface area (Å²) >= 11 is 5.67. The first-order chi connectivity index (χ1) is 6.04. The topological polar surface area (TPSA) is 105 Å². The van der Waals surface area contributed by atoms with E-state index in [4.69, 9.17) is 28.2 Å². The molecule has 1 rings (SSSR count). The van der Waals surface area contributed by atoms with E-state index in [-0.39, 0.29) is 10.9 Å². The van der Waals surface area contributed by atoms with Crippen LogP contribution in [0.15, 0.2) is 18.0 Å². The number of halogens is 1. The van der Waals surface area contributed by atoms with Crippen LogP contribution in [0.4, 0.5) is 5.82 Å². The van der Waals surface area contributed by atoms with Crippen LogP contribution in [0.5, 0.6) is 0 Å². The average molecular weight is 202 g/mol. The van der Waals surface area contributed by atoms with Crippen molar-refractivity contribution in [3.8, 4) is 0 Å². The number of nitrogen functional groups attached to an aromatic ring is 1. The lowest BCUT2D eigenvalue weighted by atomic mass is 10.2. The zero-order valence-electron chi connectivity index (χ0n) is 6.54. The lowest BCUT2D eigenvalue weighted by Crippen LogP contribution is -2.11. The number of nitrogens with one attached hydrogen (secondary N) is 1. The molecule has 0 amide bonds. The summed E-state index contributed by atoms with van der Waals surface area (Å²) in [4.78, 5) is 13.1. The van der Waals surface area contributed by atoms with Gasteiger partial charge in [-0.05, 0) is 6.07 Å². The predicted octanol–water partition coefficient (Wildman–Crippen LogP) is 0.548. The van der Waals surface area contributed by atoms with Crippen molar-refractivity contribution in [1.82, 2.24) is 4.98 Å². The minimum absolute atomic E-state index is 0.0637. The molecular formula is C7H8ClN3O2. The molecule has 0 aliphatic carbocycles. The van der Waals surface area contributed by atoms with E-state index in [0.29, 0.717) is 5.56 Å². The van der Waals surface area contributed by atoms with Crippen molar-refractivity contribution in [1.29, 1.82) is 0 Å². The third-order valence-electron chi connectivity index (χ3n) is 1.48. The lowest BCUT2D eigenvalue weighted by molar-refractivity contribution is -0.132. The highest BCUT2D eigenvalue weighted by atomic mass is 35.5. The number of aromatic nitrogens is 1. The Hall–Kier alpha value is -1.62. The molecule has 0 atom stereocenters. The van der Waals surface area contributed by atoms with Crippen LogP contribution in [-0.2, 0) is 4.79 Å². The number of carboxylic acids is 1. The second-order valence-corrected chi connectivity index (χ2v) is 2.72. The number of rotatable bonds is 2. The molecule has 0 radical (unpaired) electrons. The molecule has 0 fully saturated rings. The Bertz CT molecular complexity index is 370. The predicted molar refractivity (Wildman–Crippen MR) is 49.8 cm³/mol. The molecular weight excluding hydrogens is 194 g/mol. The summed E-state index contributed by atoms with van der Waals surface area (Å²) in [5.74, 6) is -0.986. The quantitative estimate of drug-likeness (QED) is 0.525. The van der Waals surface area contributed by atoms with E-state index in [2.05, 4.69) is 4.98 Å². The first-order valence-electron chi connectivity index (χ1n) is 3.35. The minimum atomic E-state index is -1.27. The molecule has 0 unspecified atom stereocenters. The van der Waals surface area contributed by atoms with Crippen LogP contribution in [0, 0.1) is 0 Å². The molecule has 0 saturated heterocycles. The number of H-pyrrole nitrogens is 1. The molecule has 1 aromatic heterocycles. The summed E-state index contributed by atoms with van der Waals surface area (Å²) in [6, 6.07) is 1.55. The van der Waals surface area contributed by atoms with E-state index >= 15 is 0 Å². The van der Waals surface area contributed by atoms with E-state index in [9.17, 15) is 4.79 Å². The Labute approximate surface area is 79.0 Å². The molecule has 5 nitrogen and oxygen atoms in total. The highest BCUT2D eigenvalue weighted by Gasteiger charge is 2.12. The van der Waals surface area contributed by atoms with Gasteiger partial charge in [-0.2, -0.15) is 0 Å². The third kappa shape index (κ3) is 1.75. The summed E-state index contributed by atoms with van der Waals surface area (Å²) in [5, 5.41) is 8.46. The molecule has 13 heavy (non-hydrogen) atoms. The van der Waals surface area contributed by atoms with Gasteiger partial charge >= 0.3 is 5.97 Å². The van der Waals surface area contributed by atoms with Gasteiger partial charge in [0.15, 0.2) is 0 Å². The Kier molecular flexibility index (Phi) is 2.48. The summed E-state index contributed by atoms with van der Waals surface area (Å²) in [7, 11) is 0. The molecule has 0 aromatic carbocycles. The van der Waals surface area contributed by atoms with Gasteiger partial charge in [0.1, 0.15) is 11.5 Å². The minimum Gasteiger partial charge on any atom is -0.477 e. The van der Waals surface area contributed by atoms with E-state index in [1.54, 1.807) is 12.3 Å². The molecule has 0 spiro atoms. The van der Waals surface area contributed by atoms with Gasteiger partial charge in [-0.25, -0.2) is 4.79 Å².